The standard InChI is InChI=1S/C10H19NO3/c1-10(2)7-8(5-6-14-10)9(12)11(3)13-4/h8H,5-7H2,1-4H3. The first kappa shape index (κ1) is 11.5. The molecule has 1 amide bonds. The van der Waals surface area contributed by atoms with Crippen LogP contribution >= 0.6 is 0 Å². The number of carbonyl (C=O) groups excluding carboxylic acids is 1. The Labute approximate surface area is 85.1 Å². The van der Waals surface area contributed by atoms with Crippen molar-refractivity contribution in [3.05, 3.63) is 0 Å². The van der Waals surface area contributed by atoms with Gasteiger partial charge in [0.1, 0.15) is 0 Å². The normalized spacial score (nSPS) is 25.9. The fourth-order valence-corrected chi connectivity index (χ4v) is 1.79. The van der Waals surface area contributed by atoms with Crippen molar-refractivity contribution in [2.45, 2.75) is 32.3 Å². The van der Waals surface area contributed by atoms with Gasteiger partial charge in [-0.3, -0.25) is 9.63 Å². The molecule has 0 spiro atoms. The summed E-state index contributed by atoms with van der Waals surface area (Å²) < 4.78 is 5.55. The van der Waals surface area contributed by atoms with Crippen molar-refractivity contribution in [1.82, 2.24) is 5.06 Å². The Morgan fingerprint density at radius 2 is 2.21 bits per heavy atom. The molecular weight excluding hydrogens is 182 g/mol. The molecule has 1 atom stereocenters. The fraction of sp³-hybridized carbons (Fsp3) is 0.900. The minimum atomic E-state index is -0.187. The van der Waals surface area contributed by atoms with Crippen LogP contribution in [0.1, 0.15) is 26.7 Å². The molecule has 1 aliphatic rings. The van der Waals surface area contributed by atoms with Crippen LogP contribution in [0.15, 0.2) is 0 Å². The van der Waals surface area contributed by atoms with Crippen molar-refractivity contribution < 1.29 is 14.4 Å². The maximum atomic E-state index is 11.8. The zero-order chi connectivity index (χ0) is 10.8. The molecule has 1 fully saturated rings. The van der Waals surface area contributed by atoms with Gasteiger partial charge in [0.15, 0.2) is 0 Å². The Morgan fingerprint density at radius 3 is 2.71 bits per heavy atom. The molecule has 4 heteroatoms. The van der Waals surface area contributed by atoms with Gasteiger partial charge in [0.25, 0.3) is 0 Å². The number of nitrogens with zero attached hydrogens (tertiary/aromatic N) is 1. The van der Waals surface area contributed by atoms with E-state index in [4.69, 9.17) is 9.57 Å². The summed E-state index contributed by atoms with van der Waals surface area (Å²) in [6, 6.07) is 0. The summed E-state index contributed by atoms with van der Waals surface area (Å²) in [5.41, 5.74) is -0.187. The van der Waals surface area contributed by atoms with Crippen molar-refractivity contribution in [2.24, 2.45) is 5.92 Å². The van der Waals surface area contributed by atoms with Gasteiger partial charge >= 0.3 is 0 Å². The van der Waals surface area contributed by atoms with Crippen molar-refractivity contribution in [3.8, 4) is 0 Å². The summed E-state index contributed by atoms with van der Waals surface area (Å²) in [4.78, 5) is 16.6. The third kappa shape index (κ3) is 2.69. The van der Waals surface area contributed by atoms with Crippen LogP contribution in [0.5, 0.6) is 0 Å². The Balaban J connectivity index is 2.56. The number of hydrogen-bond acceptors (Lipinski definition) is 3. The van der Waals surface area contributed by atoms with Crippen LogP contribution in [0.25, 0.3) is 0 Å². The first-order valence-electron chi connectivity index (χ1n) is 4.92. The molecule has 1 saturated heterocycles. The van der Waals surface area contributed by atoms with Crippen molar-refractivity contribution in [2.75, 3.05) is 20.8 Å². The predicted molar refractivity (Wildman–Crippen MR) is 52.5 cm³/mol. The van der Waals surface area contributed by atoms with Crippen LogP contribution in [-0.2, 0) is 14.4 Å². The summed E-state index contributed by atoms with van der Waals surface area (Å²) in [7, 11) is 3.15. The lowest BCUT2D eigenvalue weighted by molar-refractivity contribution is -0.180. The second-order valence-electron chi connectivity index (χ2n) is 4.32. The molecular formula is C10H19NO3. The SMILES string of the molecule is CON(C)C(=O)C1CCOC(C)(C)C1. The summed E-state index contributed by atoms with van der Waals surface area (Å²) in [5, 5.41) is 1.30. The highest BCUT2D eigenvalue weighted by molar-refractivity contribution is 5.77. The molecule has 0 bridgehead atoms. The van der Waals surface area contributed by atoms with Gasteiger partial charge in [-0.25, -0.2) is 5.06 Å². The molecule has 14 heavy (non-hydrogen) atoms. The number of carbonyl (C=O) groups is 1. The highest BCUT2D eigenvalue weighted by Crippen LogP contribution is 2.29. The molecule has 0 saturated carbocycles. The number of hydroxylamine groups is 2. The maximum absolute atomic E-state index is 11.8. The fourth-order valence-electron chi connectivity index (χ4n) is 1.79. The van der Waals surface area contributed by atoms with Gasteiger partial charge in [0.05, 0.1) is 12.7 Å². The average Bonchev–Trinajstić information content (AvgIpc) is 2.14. The molecule has 82 valence electrons. The summed E-state index contributed by atoms with van der Waals surface area (Å²) >= 11 is 0. The van der Waals surface area contributed by atoms with Gasteiger partial charge in [0, 0.05) is 19.6 Å². The molecule has 4 nitrogen and oxygen atoms in total. The van der Waals surface area contributed by atoms with Crippen LogP contribution in [0, 0.1) is 5.92 Å². The van der Waals surface area contributed by atoms with Crippen molar-refractivity contribution >= 4 is 5.91 Å². The van der Waals surface area contributed by atoms with E-state index in [1.807, 2.05) is 13.8 Å². The van der Waals surface area contributed by atoms with Crippen LogP contribution in [-0.4, -0.2) is 37.3 Å². The predicted octanol–water partition coefficient (Wildman–Crippen LogP) is 1.21. The topological polar surface area (TPSA) is 38.8 Å². The van der Waals surface area contributed by atoms with E-state index in [-0.39, 0.29) is 17.4 Å². The van der Waals surface area contributed by atoms with E-state index in [0.717, 1.165) is 12.8 Å². The lowest BCUT2D eigenvalue weighted by atomic mass is 9.88. The van der Waals surface area contributed by atoms with E-state index in [1.165, 1.54) is 12.2 Å². The van der Waals surface area contributed by atoms with E-state index in [2.05, 4.69) is 0 Å². The van der Waals surface area contributed by atoms with E-state index < -0.39 is 0 Å². The van der Waals surface area contributed by atoms with Gasteiger partial charge in [0.2, 0.25) is 5.91 Å². The second-order valence-corrected chi connectivity index (χ2v) is 4.32. The molecule has 0 N–H and O–H groups in total. The third-order valence-corrected chi connectivity index (χ3v) is 2.63. The molecule has 0 aromatic rings. The molecule has 0 aromatic carbocycles. The van der Waals surface area contributed by atoms with Gasteiger partial charge in [-0.05, 0) is 26.7 Å². The summed E-state index contributed by atoms with van der Waals surface area (Å²) in [6.45, 7) is 4.68. The summed E-state index contributed by atoms with van der Waals surface area (Å²) in [6.07, 6.45) is 1.55. The summed E-state index contributed by atoms with van der Waals surface area (Å²) in [5.74, 6) is 0.0765. The number of rotatable bonds is 2. The Kier molecular flexibility index (Phi) is 3.50. The number of hydrogen-bond donors (Lipinski definition) is 0. The van der Waals surface area contributed by atoms with Crippen LogP contribution in [0.3, 0.4) is 0 Å². The van der Waals surface area contributed by atoms with E-state index in [9.17, 15) is 4.79 Å². The Hall–Kier alpha value is -0.610. The van der Waals surface area contributed by atoms with Crippen LogP contribution in [0.2, 0.25) is 0 Å². The third-order valence-electron chi connectivity index (χ3n) is 2.63. The molecule has 1 aliphatic heterocycles. The molecule has 0 aromatic heterocycles. The van der Waals surface area contributed by atoms with Gasteiger partial charge in [-0.1, -0.05) is 0 Å². The zero-order valence-electron chi connectivity index (χ0n) is 9.37. The lowest BCUT2D eigenvalue weighted by Gasteiger charge is -2.35. The molecule has 1 unspecified atom stereocenters. The van der Waals surface area contributed by atoms with Crippen molar-refractivity contribution in [3.63, 3.8) is 0 Å². The van der Waals surface area contributed by atoms with E-state index >= 15 is 0 Å². The van der Waals surface area contributed by atoms with Gasteiger partial charge < -0.3 is 4.74 Å². The quantitative estimate of drug-likeness (QED) is 0.630. The number of ether oxygens (including phenoxy) is 1. The molecule has 0 radical (unpaired) electrons. The van der Waals surface area contributed by atoms with Crippen molar-refractivity contribution in [1.29, 1.82) is 0 Å². The molecule has 1 rings (SSSR count). The smallest absolute Gasteiger partial charge is 0.249 e. The average molecular weight is 201 g/mol. The molecule has 1 heterocycles. The van der Waals surface area contributed by atoms with Gasteiger partial charge in [-0.15, -0.1) is 0 Å². The highest BCUT2D eigenvalue weighted by atomic mass is 16.7. The monoisotopic (exact) mass is 201 g/mol. The maximum Gasteiger partial charge on any atom is 0.249 e. The minimum Gasteiger partial charge on any atom is -0.376 e. The lowest BCUT2D eigenvalue weighted by Crippen LogP contribution is -2.41. The minimum absolute atomic E-state index is 0.0312. The molecule has 0 aliphatic carbocycles. The Morgan fingerprint density at radius 1 is 1.57 bits per heavy atom. The zero-order valence-corrected chi connectivity index (χ0v) is 9.37. The van der Waals surface area contributed by atoms with Crippen LogP contribution < -0.4 is 0 Å². The van der Waals surface area contributed by atoms with E-state index in [0.29, 0.717) is 6.61 Å². The first-order valence-corrected chi connectivity index (χ1v) is 4.92. The second kappa shape index (κ2) is 4.28. The first-order chi connectivity index (χ1) is 6.46. The van der Waals surface area contributed by atoms with Crippen LogP contribution in [0.4, 0.5) is 0 Å². The highest BCUT2D eigenvalue weighted by Gasteiger charge is 2.34. The number of amides is 1. The largest absolute Gasteiger partial charge is 0.376 e. The van der Waals surface area contributed by atoms with E-state index in [1.54, 1.807) is 7.05 Å². The Bertz CT molecular complexity index is 215. The van der Waals surface area contributed by atoms with Gasteiger partial charge in [-0.2, -0.15) is 0 Å².